The Morgan fingerprint density at radius 3 is 2.63 bits per heavy atom. The third-order valence-electron chi connectivity index (χ3n) is 2.77. The summed E-state index contributed by atoms with van der Waals surface area (Å²) >= 11 is 0. The van der Waals surface area contributed by atoms with E-state index in [4.69, 9.17) is 4.52 Å². The van der Waals surface area contributed by atoms with Gasteiger partial charge in [0.1, 0.15) is 5.75 Å². The van der Waals surface area contributed by atoms with E-state index in [9.17, 15) is 5.11 Å². The molecule has 4 nitrogen and oxygen atoms in total. The SMILES string of the molecule is Oc1cccc(-c2noc(Cc3ccccc3)n2)c1. The highest BCUT2D eigenvalue weighted by molar-refractivity contribution is 5.56. The highest BCUT2D eigenvalue weighted by Crippen LogP contribution is 2.21. The van der Waals surface area contributed by atoms with Crippen LogP contribution in [0.4, 0.5) is 0 Å². The van der Waals surface area contributed by atoms with Crippen molar-refractivity contribution in [1.82, 2.24) is 10.1 Å². The molecular weight excluding hydrogens is 240 g/mol. The van der Waals surface area contributed by atoms with Gasteiger partial charge in [0.15, 0.2) is 0 Å². The minimum atomic E-state index is 0.187. The molecule has 3 rings (SSSR count). The van der Waals surface area contributed by atoms with E-state index in [0.29, 0.717) is 18.1 Å². The van der Waals surface area contributed by atoms with Crippen LogP contribution in [0.25, 0.3) is 11.4 Å². The largest absolute Gasteiger partial charge is 0.508 e. The second kappa shape index (κ2) is 4.94. The minimum absolute atomic E-state index is 0.187. The van der Waals surface area contributed by atoms with E-state index in [1.54, 1.807) is 18.2 Å². The second-order valence-electron chi connectivity index (χ2n) is 4.22. The molecule has 3 aromatic rings. The minimum Gasteiger partial charge on any atom is -0.508 e. The van der Waals surface area contributed by atoms with Gasteiger partial charge in [-0.2, -0.15) is 4.98 Å². The number of hydrogen-bond acceptors (Lipinski definition) is 4. The molecule has 4 heteroatoms. The van der Waals surface area contributed by atoms with Gasteiger partial charge in [0.05, 0.1) is 6.42 Å². The Morgan fingerprint density at radius 1 is 1.00 bits per heavy atom. The summed E-state index contributed by atoms with van der Waals surface area (Å²) in [5.74, 6) is 1.23. The molecule has 2 aromatic carbocycles. The zero-order chi connectivity index (χ0) is 13.1. The van der Waals surface area contributed by atoms with Gasteiger partial charge in [-0.25, -0.2) is 0 Å². The van der Waals surface area contributed by atoms with Crippen LogP contribution in [0, 0.1) is 0 Å². The summed E-state index contributed by atoms with van der Waals surface area (Å²) in [6.45, 7) is 0. The Kier molecular flexibility index (Phi) is 2.98. The molecule has 1 N–H and O–H groups in total. The molecule has 0 saturated carbocycles. The van der Waals surface area contributed by atoms with Gasteiger partial charge >= 0.3 is 0 Å². The molecule has 0 atom stereocenters. The molecule has 1 heterocycles. The Hall–Kier alpha value is -2.62. The van der Waals surface area contributed by atoms with Gasteiger partial charge in [0, 0.05) is 5.56 Å². The lowest BCUT2D eigenvalue weighted by atomic mass is 10.1. The molecule has 0 aliphatic rings. The predicted octanol–water partition coefficient (Wildman–Crippen LogP) is 3.03. The van der Waals surface area contributed by atoms with Crippen molar-refractivity contribution >= 4 is 0 Å². The van der Waals surface area contributed by atoms with Crippen molar-refractivity contribution in [1.29, 1.82) is 0 Å². The first-order valence-corrected chi connectivity index (χ1v) is 5.97. The van der Waals surface area contributed by atoms with Crippen molar-refractivity contribution in [2.24, 2.45) is 0 Å². The molecule has 0 amide bonds. The van der Waals surface area contributed by atoms with Gasteiger partial charge in [0.25, 0.3) is 0 Å². The first-order chi connectivity index (χ1) is 9.31. The molecule has 0 saturated heterocycles. The van der Waals surface area contributed by atoms with Gasteiger partial charge in [-0.15, -0.1) is 0 Å². The molecular formula is C15H12N2O2. The molecule has 0 spiro atoms. The van der Waals surface area contributed by atoms with Crippen molar-refractivity contribution in [3.63, 3.8) is 0 Å². The smallest absolute Gasteiger partial charge is 0.231 e. The first-order valence-electron chi connectivity index (χ1n) is 5.97. The molecule has 0 bridgehead atoms. The summed E-state index contributed by atoms with van der Waals surface area (Å²) in [4.78, 5) is 4.33. The maximum absolute atomic E-state index is 9.43. The van der Waals surface area contributed by atoms with Crippen molar-refractivity contribution in [2.75, 3.05) is 0 Å². The van der Waals surface area contributed by atoms with Gasteiger partial charge in [-0.05, 0) is 17.7 Å². The van der Waals surface area contributed by atoms with Gasteiger partial charge in [0.2, 0.25) is 11.7 Å². The average Bonchev–Trinajstić information content (AvgIpc) is 2.88. The van der Waals surface area contributed by atoms with Crippen molar-refractivity contribution in [2.45, 2.75) is 6.42 Å². The number of phenolic OH excluding ortho intramolecular Hbond substituents is 1. The summed E-state index contributed by atoms with van der Waals surface area (Å²) in [6, 6.07) is 16.7. The van der Waals surface area contributed by atoms with E-state index >= 15 is 0 Å². The quantitative estimate of drug-likeness (QED) is 0.778. The van der Waals surface area contributed by atoms with Crippen molar-refractivity contribution in [3.05, 3.63) is 66.1 Å². The van der Waals surface area contributed by atoms with Crippen LogP contribution in [0.3, 0.4) is 0 Å². The van der Waals surface area contributed by atoms with E-state index in [-0.39, 0.29) is 5.75 Å². The number of hydrogen-bond donors (Lipinski definition) is 1. The fourth-order valence-electron chi connectivity index (χ4n) is 1.86. The molecule has 0 aliphatic carbocycles. The number of nitrogens with zero attached hydrogens (tertiary/aromatic N) is 2. The third-order valence-corrected chi connectivity index (χ3v) is 2.77. The van der Waals surface area contributed by atoms with Crippen LogP contribution in [0.15, 0.2) is 59.1 Å². The number of phenols is 1. The van der Waals surface area contributed by atoms with Crippen LogP contribution in [0.5, 0.6) is 5.75 Å². The Morgan fingerprint density at radius 2 is 1.84 bits per heavy atom. The van der Waals surface area contributed by atoms with Crippen molar-refractivity contribution < 1.29 is 9.63 Å². The fourth-order valence-corrected chi connectivity index (χ4v) is 1.86. The Labute approximate surface area is 110 Å². The zero-order valence-electron chi connectivity index (χ0n) is 10.2. The summed E-state index contributed by atoms with van der Waals surface area (Å²) in [7, 11) is 0. The molecule has 0 aliphatic heterocycles. The van der Waals surface area contributed by atoms with Crippen LogP contribution in [0.1, 0.15) is 11.5 Å². The van der Waals surface area contributed by atoms with E-state index in [1.807, 2.05) is 36.4 Å². The molecule has 94 valence electrons. The number of rotatable bonds is 3. The maximum atomic E-state index is 9.43. The summed E-state index contributed by atoms with van der Waals surface area (Å²) in [5, 5.41) is 13.4. The Balaban J connectivity index is 1.84. The fraction of sp³-hybridized carbons (Fsp3) is 0.0667. The number of aromatic nitrogens is 2. The summed E-state index contributed by atoms with van der Waals surface area (Å²) < 4.78 is 5.22. The van der Waals surface area contributed by atoms with E-state index in [0.717, 1.165) is 11.1 Å². The predicted molar refractivity (Wildman–Crippen MR) is 70.6 cm³/mol. The standard InChI is InChI=1S/C15H12N2O2/c18-13-8-4-7-12(10-13)15-16-14(19-17-15)9-11-5-2-1-3-6-11/h1-8,10,18H,9H2. The highest BCUT2D eigenvalue weighted by atomic mass is 16.5. The van der Waals surface area contributed by atoms with Crippen LogP contribution < -0.4 is 0 Å². The van der Waals surface area contributed by atoms with Crippen LogP contribution in [-0.4, -0.2) is 15.2 Å². The lowest BCUT2D eigenvalue weighted by Crippen LogP contribution is -1.87. The molecule has 19 heavy (non-hydrogen) atoms. The third kappa shape index (κ3) is 2.63. The first kappa shape index (κ1) is 11.5. The Bertz CT molecular complexity index is 677. The van der Waals surface area contributed by atoms with E-state index < -0.39 is 0 Å². The lowest BCUT2D eigenvalue weighted by molar-refractivity contribution is 0.385. The van der Waals surface area contributed by atoms with Crippen LogP contribution >= 0.6 is 0 Å². The van der Waals surface area contributed by atoms with Crippen LogP contribution in [0.2, 0.25) is 0 Å². The lowest BCUT2D eigenvalue weighted by Gasteiger charge is -1.95. The molecule has 0 radical (unpaired) electrons. The monoisotopic (exact) mass is 252 g/mol. The molecule has 1 aromatic heterocycles. The average molecular weight is 252 g/mol. The highest BCUT2D eigenvalue weighted by Gasteiger charge is 2.09. The molecule has 0 fully saturated rings. The van der Waals surface area contributed by atoms with Gasteiger partial charge < -0.3 is 9.63 Å². The van der Waals surface area contributed by atoms with Gasteiger partial charge in [-0.1, -0.05) is 47.6 Å². The molecule has 0 unspecified atom stereocenters. The number of benzene rings is 2. The summed E-state index contributed by atoms with van der Waals surface area (Å²) in [5.41, 5.74) is 1.86. The normalized spacial score (nSPS) is 10.5. The van der Waals surface area contributed by atoms with Crippen LogP contribution in [-0.2, 0) is 6.42 Å². The van der Waals surface area contributed by atoms with E-state index in [2.05, 4.69) is 10.1 Å². The number of aromatic hydroxyl groups is 1. The van der Waals surface area contributed by atoms with E-state index in [1.165, 1.54) is 0 Å². The zero-order valence-corrected chi connectivity index (χ0v) is 10.2. The maximum Gasteiger partial charge on any atom is 0.231 e. The second-order valence-corrected chi connectivity index (χ2v) is 4.22. The van der Waals surface area contributed by atoms with Crippen molar-refractivity contribution in [3.8, 4) is 17.1 Å². The topological polar surface area (TPSA) is 59.2 Å². The summed E-state index contributed by atoms with van der Waals surface area (Å²) in [6.07, 6.45) is 0.604. The van der Waals surface area contributed by atoms with Gasteiger partial charge in [-0.3, -0.25) is 0 Å².